The molecule has 0 bridgehead atoms. The summed E-state index contributed by atoms with van der Waals surface area (Å²) >= 11 is 6.07. The van der Waals surface area contributed by atoms with E-state index in [0.717, 1.165) is 23.8 Å². The Morgan fingerprint density at radius 2 is 1.97 bits per heavy atom. The van der Waals surface area contributed by atoms with Crippen LogP contribution in [0.3, 0.4) is 0 Å². The second kappa shape index (κ2) is 10.8. The minimum absolute atomic E-state index is 0.156. The van der Waals surface area contributed by atoms with Crippen molar-refractivity contribution in [2.75, 3.05) is 23.7 Å². The first-order valence-corrected chi connectivity index (χ1v) is 12.9. The Balaban J connectivity index is 1.22. The van der Waals surface area contributed by atoms with E-state index in [0.29, 0.717) is 53.6 Å². The van der Waals surface area contributed by atoms with Crippen LogP contribution in [0.25, 0.3) is 22.4 Å². The second-order valence-electron chi connectivity index (χ2n) is 10.2. The number of ether oxygens (including phenoxy) is 1. The van der Waals surface area contributed by atoms with Gasteiger partial charge in [-0.3, -0.25) is 5.10 Å². The van der Waals surface area contributed by atoms with E-state index in [1.54, 1.807) is 23.4 Å². The number of carbonyl (C=O) groups excluding carboxylic acids is 1. The van der Waals surface area contributed by atoms with Crippen molar-refractivity contribution in [1.29, 1.82) is 0 Å². The van der Waals surface area contributed by atoms with Crippen LogP contribution < -0.4 is 10.6 Å². The summed E-state index contributed by atoms with van der Waals surface area (Å²) in [4.78, 5) is 32.1. The van der Waals surface area contributed by atoms with Crippen LogP contribution in [0.4, 0.5) is 16.7 Å². The molecule has 38 heavy (non-hydrogen) atoms. The van der Waals surface area contributed by atoms with E-state index in [2.05, 4.69) is 40.8 Å². The van der Waals surface area contributed by atoms with E-state index in [9.17, 15) is 4.79 Å². The molecule has 1 aliphatic heterocycles. The minimum Gasteiger partial charge on any atom is -0.444 e. The van der Waals surface area contributed by atoms with Gasteiger partial charge >= 0.3 is 6.09 Å². The summed E-state index contributed by atoms with van der Waals surface area (Å²) in [6, 6.07) is 9.57. The lowest BCUT2D eigenvalue weighted by Gasteiger charge is -2.33. The van der Waals surface area contributed by atoms with Gasteiger partial charge in [0.25, 0.3) is 0 Å². The Bertz CT molecular complexity index is 1430. The van der Waals surface area contributed by atoms with Crippen LogP contribution in [-0.2, 0) is 11.3 Å². The van der Waals surface area contributed by atoms with Gasteiger partial charge in [0.15, 0.2) is 5.65 Å². The zero-order chi connectivity index (χ0) is 26.7. The molecule has 198 valence electrons. The third-order valence-corrected chi connectivity index (χ3v) is 6.27. The quantitative estimate of drug-likeness (QED) is 0.315. The number of hydrogen-bond acceptors (Lipinski definition) is 9. The van der Waals surface area contributed by atoms with Crippen molar-refractivity contribution >= 4 is 40.6 Å². The Kier molecular flexibility index (Phi) is 7.28. The van der Waals surface area contributed by atoms with E-state index < -0.39 is 5.60 Å². The lowest BCUT2D eigenvalue weighted by atomic mass is 10.1. The van der Waals surface area contributed by atoms with E-state index >= 15 is 0 Å². The molecule has 1 saturated heterocycles. The van der Waals surface area contributed by atoms with Crippen LogP contribution in [0.2, 0.25) is 5.02 Å². The third kappa shape index (κ3) is 6.28. The number of aromatic amines is 1. The summed E-state index contributed by atoms with van der Waals surface area (Å²) in [5.41, 5.74) is 2.43. The molecule has 1 aliphatic rings. The third-order valence-electron chi connectivity index (χ3n) is 6.04. The van der Waals surface area contributed by atoms with E-state index in [1.807, 2.05) is 45.0 Å². The van der Waals surface area contributed by atoms with Gasteiger partial charge in [-0.25, -0.2) is 19.7 Å². The Hall–Kier alpha value is -3.99. The number of amides is 1. The number of piperidine rings is 1. The molecule has 3 aromatic heterocycles. The summed E-state index contributed by atoms with van der Waals surface area (Å²) in [7, 11) is 0. The van der Waals surface area contributed by atoms with Gasteiger partial charge in [-0.2, -0.15) is 10.1 Å². The van der Waals surface area contributed by atoms with Crippen LogP contribution in [0.5, 0.6) is 0 Å². The van der Waals surface area contributed by atoms with Gasteiger partial charge in [0.2, 0.25) is 11.9 Å². The first kappa shape index (κ1) is 25.7. The number of benzene rings is 1. The molecule has 5 rings (SSSR count). The molecule has 11 nitrogen and oxygen atoms in total. The largest absolute Gasteiger partial charge is 0.444 e. The van der Waals surface area contributed by atoms with Crippen LogP contribution in [0.15, 0.2) is 42.7 Å². The number of nitrogens with zero attached hydrogens (tertiary/aromatic N) is 6. The number of aromatic nitrogens is 6. The predicted molar refractivity (Wildman–Crippen MR) is 146 cm³/mol. The average Bonchev–Trinajstić information content (AvgIpc) is 3.30. The predicted octanol–water partition coefficient (Wildman–Crippen LogP) is 4.89. The standard InChI is InChI=1S/C26H30ClN9O2/c1-26(2,3)38-25(37)36-11-8-18(9-12-36)31-24-30-15-19-21(34-35-22(19)33-24)20-7-10-28-23(32-20)29-14-16-5-4-6-17(27)13-16/h4-7,10,13,15,18H,8-9,11-12,14H2,1-3H3,(H,28,29,32)(H2,30,31,33,34,35). The van der Waals surface area contributed by atoms with Crippen molar-refractivity contribution in [2.24, 2.45) is 0 Å². The minimum atomic E-state index is -0.501. The molecule has 1 fully saturated rings. The van der Waals surface area contributed by atoms with Crippen molar-refractivity contribution in [2.45, 2.75) is 51.8 Å². The molecule has 1 amide bonds. The monoisotopic (exact) mass is 535 g/mol. The molecule has 0 saturated carbocycles. The van der Waals surface area contributed by atoms with Gasteiger partial charge in [0.05, 0.1) is 11.1 Å². The fourth-order valence-corrected chi connectivity index (χ4v) is 4.41. The molecule has 0 atom stereocenters. The van der Waals surface area contributed by atoms with E-state index in [-0.39, 0.29) is 12.1 Å². The summed E-state index contributed by atoms with van der Waals surface area (Å²) in [6.07, 6.45) is 4.71. The molecule has 0 radical (unpaired) electrons. The number of hydrogen-bond donors (Lipinski definition) is 3. The number of carbonyl (C=O) groups is 1. The Morgan fingerprint density at radius 1 is 1.16 bits per heavy atom. The van der Waals surface area contributed by atoms with E-state index in [1.165, 1.54) is 0 Å². The summed E-state index contributed by atoms with van der Waals surface area (Å²) in [5, 5.41) is 15.5. The van der Waals surface area contributed by atoms with Gasteiger partial charge in [-0.1, -0.05) is 23.7 Å². The lowest BCUT2D eigenvalue weighted by Crippen LogP contribution is -2.44. The zero-order valence-electron chi connectivity index (χ0n) is 21.5. The molecule has 1 aromatic carbocycles. The van der Waals surface area contributed by atoms with Crippen molar-refractivity contribution < 1.29 is 9.53 Å². The summed E-state index contributed by atoms with van der Waals surface area (Å²) in [5.74, 6) is 0.991. The molecule has 0 spiro atoms. The van der Waals surface area contributed by atoms with Crippen LogP contribution in [0, 0.1) is 0 Å². The highest BCUT2D eigenvalue weighted by Crippen LogP contribution is 2.25. The maximum atomic E-state index is 12.3. The second-order valence-corrected chi connectivity index (χ2v) is 10.6. The number of nitrogens with one attached hydrogen (secondary N) is 3. The van der Waals surface area contributed by atoms with Gasteiger partial charge < -0.3 is 20.3 Å². The topological polar surface area (TPSA) is 134 Å². The molecule has 12 heteroatoms. The SMILES string of the molecule is CC(C)(C)OC(=O)N1CCC(Nc2ncc3c(-c4ccnc(NCc5cccc(Cl)c5)n4)n[nH]c3n2)CC1. The number of halogens is 1. The highest BCUT2D eigenvalue weighted by Gasteiger charge is 2.27. The van der Waals surface area contributed by atoms with E-state index in [4.69, 9.17) is 16.3 Å². The number of anilines is 2. The van der Waals surface area contributed by atoms with Crippen LogP contribution in [0.1, 0.15) is 39.2 Å². The number of rotatable bonds is 6. The van der Waals surface area contributed by atoms with Gasteiger partial charge in [-0.05, 0) is 57.4 Å². The molecule has 3 N–H and O–H groups in total. The number of H-pyrrole nitrogens is 1. The Morgan fingerprint density at radius 3 is 2.74 bits per heavy atom. The normalized spacial score (nSPS) is 14.5. The van der Waals surface area contributed by atoms with Gasteiger partial charge in [0.1, 0.15) is 11.3 Å². The summed E-state index contributed by atoms with van der Waals surface area (Å²) in [6.45, 7) is 7.39. The average molecular weight is 536 g/mol. The zero-order valence-corrected chi connectivity index (χ0v) is 22.3. The maximum Gasteiger partial charge on any atom is 0.410 e. The highest BCUT2D eigenvalue weighted by atomic mass is 35.5. The molecule has 4 heterocycles. The van der Waals surface area contributed by atoms with Gasteiger partial charge in [0, 0.05) is 43.1 Å². The first-order chi connectivity index (χ1) is 18.2. The van der Waals surface area contributed by atoms with Crippen molar-refractivity contribution in [1.82, 2.24) is 35.0 Å². The number of likely N-dealkylation sites (tertiary alicyclic amines) is 1. The van der Waals surface area contributed by atoms with Crippen LogP contribution in [-0.4, -0.2) is 65.9 Å². The summed E-state index contributed by atoms with van der Waals surface area (Å²) < 4.78 is 5.48. The fourth-order valence-electron chi connectivity index (χ4n) is 4.19. The number of fused-ring (bicyclic) bond motifs is 1. The van der Waals surface area contributed by atoms with Crippen molar-refractivity contribution in [3.63, 3.8) is 0 Å². The molecular weight excluding hydrogens is 506 g/mol. The highest BCUT2D eigenvalue weighted by molar-refractivity contribution is 6.30. The first-order valence-electron chi connectivity index (χ1n) is 12.5. The molecule has 4 aromatic rings. The molecular formula is C26H30ClN9O2. The maximum absolute atomic E-state index is 12.3. The molecule has 0 aliphatic carbocycles. The van der Waals surface area contributed by atoms with Crippen LogP contribution >= 0.6 is 11.6 Å². The van der Waals surface area contributed by atoms with Gasteiger partial charge in [-0.15, -0.1) is 0 Å². The fraction of sp³-hybridized carbons (Fsp3) is 0.385. The van der Waals surface area contributed by atoms with Crippen molar-refractivity contribution in [3.05, 3.63) is 53.3 Å². The lowest BCUT2D eigenvalue weighted by molar-refractivity contribution is 0.0210. The smallest absolute Gasteiger partial charge is 0.410 e. The van der Waals surface area contributed by atoms with Crippen molar-refractivity contribution in [3.8, 4) is 11.4 Å². The Labute approximate surface area is 225 Å². The molecule has 0 unspecified atom stereocenters.